The van der Waals surface area contributed by atoms with Crippen LogP contribution in [0, 0.1) is 5.82 Å². The SMILES string of the molecule is O=C(NCc1cccc(F)c1)C1CCNc2ccccc21. The van der Waals surface area contributed by atoms with Crippen LogP contribution in [0.1, 0.15) is 23.5 Å². The van der Waals surface area contributed by atoms with Crippen LogP contribution >= 0.6 is 0 Å². The molecule has 1 heterocycles. The van der Waals surface area contributed by atoms with E-state index >= 15 is 0 Å². The van der Waals surface area contributed by atoms with Crippen molar-refractivity contribution >= 4 is 11.6 Å². The van der Waals surface area contributed by atoms with Gasteiger partial charge in [-0.2, -0.15) is 0 Å². The van der Waals surface area contributed by atoms with Crippen LogP contribution in [0.4, 0.5) is 10.1 Å². The number of hydrogen-bond donors (Lipinski definition) is 2. The number of anilines is 1. The molecule has 1 atom stereocenters. The highest BCUT2D eigenvalue weighted by molar-refractivity contribution is 5.86. The Bertz CT molecular complexity index is 657. The molecule has 2 aromatic rings. The molecule has 1 unspecified atom stereocenters. The Morgan fingerprint density at radius 1 is 1.24 bits per heavy atom. The zero-order valence-electron chi connectivity index (χ0n) is 11.6. The van der Waals surface area contributed by atoms with E-state index in [1.807, 2.05) is 24.3 Å². The number of amides is 1. The lowest BCUT2D eigenvalue weighted by molar-refractivity contribution is -0.122. The number of carbonyl (C=O) groups is 1. The molecule has 2 N–H and O–H groups in total. The van der Waals surface area contributed by atoms with Gasteiger partial charge in [-0.05, 0) is 35.7 Å². The Kier molecular flexibility index (Phi) is 3.86. The molecule has 2 aromatic carbocycles. The highest BCUT2D eigenvalue weighted by Gasteiger charge is 2.25. The van der Waals surface area contributed by atoms with Gasteiger partial charge in [-0.1, -0.05) is 30.3 Å². The van der Waals surface area contributed by atoms with Gasteiger partial charge in [0.05, 0.1) is 5.92 Å². The van der Waals surface area contributed by atoms with Crippen molar-refractivity contribution in [1.29, 1.82) is 0 Å². The molecule has 0 bridgehead atoms. The first-order valence-corrected chi connectivity index (χ1v) is 7.09. The van der Waals surface area contributed by atoms with E-state index in [4.69, 9.17) is 0 Å². The van der Waals surface area contributed by atoms with Gasteiger partial charge in [0.15, 0.2) is 0 Å². The summed E-state index contributed by atoms with van der Waals surface area (Å²) in [5.74, 6) is -0.432. The first-order valence-electron chi connectivity index (χ1n) is 7.09. The van der Waals surface area contributed by atoms with E-state index in [9.17, 15) is 9.18 Å². The Morgan fingerprint density at radius 3 is 2.95 bits per heavy atom. The van der Waals surface area contributed by atoms with Crippen molar-refractivity contribution in [3.05, 3.63) is 65.5 Å². The van der Waals surface area contributed by atoms with Crippen molar-refractivity contribution in [2.75, 3.05) is 11.9 Å². The predicted molar refractivity (Wildman–Crippen MR) is 80.5 cm³/mol. The summed E-state index contributed by atoms with van der Waals surface area (Å²) in [5, 5.41) is 6.20. The fourth-order valence-electron chi connectivity index (χ4n) is 2.70. The monoisotopic (exact) mass is 284 g/mol. The Hall–Kier alpha value is -2.36. The van der Waals surface area contributed by atoms with E-state index in [2.05, 4.69) is 10.6 Å². The van der Waals surface area contributed by atoms with Crippen LogP contribution in [0.25, 0.3) is 0 Å². The molecule has 0 aliphatic carbocycles. The van der Waals surface area contributed by atoms with Crippen LogP contribution in [0.2, 0.25) is 0 Å². The number of fused-ring (bicyclic) bond motifs is 1. The van der Waals surface area contributed by atoms with Gasteiger partial charge < -0.3 is 10.6 Å². The molecule has 1 aliphatic heterocycles. The highest BCUT2D eigenvalue weighted by atomic mass is 19.1. The average Bonchev–Trinajstić information content (AvgIpc) is 2.52. The molecule has 1 amide bonds. The molecule has 3 rings (SSSR count). The molecular weight excluding hydrogens is 267 g/mol. The van der Waals surface area contributed by atoms with Crippen LogP contribution in [0.5, 0.6) is 0 Å². The molecule has 108 valence electrons. The quantitative estimate of drug-likeness (QED) is 0.909. The summed E-state index contributed by atoms with van der Waals surface area (Å²) in [7, 11) is 0. The fraction of sp³-hybridized carbons (Fsp3) is 0.235. The molecule has 4 heteroatoms. The van der Waals surface area contributed by atoms with Crippen molar-refractivity contribution in [1.82, 2.24) is 5.32 Å². The van der Waals surface area contributed by atoms with Crippen molar-refractivity contribution in [3.63, 3.8) is 0 Å². The van der Waals surface area contributed by atoms with Crippen LogP contribution in [-0.2, 0) is 11.3 Å². The molecule has 3 nitrogen and oxygen atoms in total. The molecule has 0 saturated carbocycles. The normalized spacial score (nSPS) is 16.7. The molecule has 0 radical (unpaired) electrons. The summed E-state index contributed by atoms with van der Waals surface area (Å²) >= 11 is 0. The summed E-state index contributed by atoms with van der Waals surface area (Å²) in [6.07, 6.45) is 0.770. The lowest BCUT2D eigenvalue weighted by Gasteiger charge is -2.25. The van der Waals surface area contributed by atoms with Gasteiger partial charge in [-0.3, -0.25) is 4.79 Å². The minimum absolute atomic E-state index is 0.00629. The van der Waals surface area contributed by atoms with Crippen LogP contribution < -0.4 is 10.6 Å². The van der Waals surface area contributed by atoms with Crippen molar-refractivity contribution in [2.45, 2.75) is 18.9 Å². The second kappa shape index (κ2) is 5.95. The lowest BCUT2D eigenvalue weighted by atomic mass is 9.90. The summed E-state index contributed by atoms with van der Waals surface area (Å²) in [6, 6.07) is 14.2. The highest BCUT2D eigenvalue weighted by Crippen LogP contribution is 2.31. The maximum Gasteiger partial charge on any atom is 0.227 e. The van der Waals surface area contributed by atoms with Gasteiger partial charge in [0.1, 0.15) is 5.82 Å². The maximum atomic E-state index is 13.1. The van der Waals surface area contributed by atoms with E-state index in [1.54, 1.807) is 12.1 Å². The van der Waals surface area contributed by atoms with E-state index in [1.165, 1.54) is 12.1 Å². The third-order valence-electron chi connectivity index (χ3n) is 3.76. The molecule has 21 heavy (non-hydrogen) atoms. The number of rotatable bonds is 3. The predicted octanol–water partition coefficient (Wildman–Crippen LogP) is 3.04. The summed E-state index contributed by atoms with van der Waals surface area (Å²) in [6.45, 7) is 1.14. The Morgan fingerprint density at radius 2 is 2.10 bits per heavy atom. The summed E-state index contributed by atoms with van der Waals surface area (Å²) in [5.41, 5.74) is 2.82. The third kappa shape index (κ3) is 3.05. The maximum absolute atomic E-state index is 13.1. The lowest BCUT2D eigenvalue weighted by Crippen LogP contribution is -2.32. The molecule has 0 aromatic heterocycles. The zero-order valence-corrected chi connectivity index (χ0v) is 11.6. The Balaban J connectivity index is 1.69. The number of carbonyl (C=O) groups excluding carboxylic acids is 1. The van der Waals surface area contributed by atoms with Gasteiger partial charge in [-0.25, -0.2) is 4.39 Å². The smallest absolute Gasteiger partial charge is 0.227 e. The molecule has 0 saturated heterocycles. The van der Waals surface area contributed by atoms with Crippen LogP contribution in [0.3, 0.4) is 0 Å². The van der Waals surface area contributed by atoms with E-state index in [0.29, 0.717) is 6.54 Å². The summed E-state index contributed by atoms with van der Waals surface area (Å²) in [4.78, 5) is 12.4. The fourth-order valence-corrected chi connectivity index (χ4v) is 2.70. The van der Waals surface area contributed by atoms with Crippen LogP contribution in [-0.4, -0.2) is 12.5 Å². The van der Waals surface area contributed by atoms with Gasteiger partial charge in [0.25, 0.3) is 0 Å². The third-order valence-corrected chi connectivity index (χ3v) is 3.76. The van der Waals surface area contributed by atoms with Crippen molar-refractivity contribution < 1.29 is 9.18 Å². The van der Waals surface area contributed by atoms with E-state index in [0.717, 1.165) is 29.8 Å². The number of nitrogens with one attached hydrogen (secondary N) is 2. The largest absolute Gasteiger partial charge is 0.385 e. The number of halogens is 1. The first-order chi connectivity index (χ1) is 10.2. The van der Waals surface area contributed by atoms with E-state index in [-0.39, 0.29) is 17.6 Å². The second-order valence-electron chi connectivity index (χ2n) is 5.20. The molecule has 0 spiro atoms. The number of para-hydroxylation sites is 1. The average molecular weight is 284 g/mol. The zero-order chi connectivity index (χ0) is 14.7. The van der Waals surface area contributed by atoms with Crippen molar-refractivity contribution in [2.24, 2.45) is 0 Å². The number of hydrogen-bond acceptors (Lipinski definition) is 2. The molecule has 0 fully saturated rings. The minimum Gasteiger partial charge on any atom is -0.385 e. The van der Waals surface area contributed by atoms with Gasteiger partial charge >= 0.3 is 0 Å². The van der Waals surface area contributed by atoms with Gasteiger partial charge in [-0.15, -0.1) is 0 Å². The molecular formula is C17H17FN2O. The van der Waals surface area contributed by atoms with E-state index < -0.39 is 0 Å². The van der Waals surface area contributed by atoms with Crippen molar-refractivity contribution in [3.8, 4) is 0 Å². The minimum atomic E-state index is -0.283. The van der Waals surface area contributed by atoms with Crippen LogP contribution in [0.15, 0.2) is 48.5 Å². The van der Waals surface area contributed by atoms with Gasteiger partial charge in [0.2, 0.25) is 5.91 Å². The number of benzene rings is 2. The second-order valence-corrected chi connectivity index (χ2v) is 5.20. The summed E-state index contributed by atoms with van der Waals surface area (Å²) < 4.78 is 13.1. The molecule has 1 aliphatic rings. The van der Waals surface area contributed by atoms with Gasteiger partial charge in [0, 0.05) is 18.8 Å². The first kappa shape index (κ1) is 13.6. The topological polar surface area (TPSA) is 41.1 Å². The standard InChI is InChI=1S/C17H17FN2O/c18-13-5-3-4-12(10-13)11-20-17(21)15-8-9-19-16-7-2-1-6-14(15)16/h1-7,10,15,19H,8-9,11H2,(H,20,21). The Labute approximate surface area is 123 Å².